The summed E-state index contributed by atoms with van der Waals surface area (Å²) in [5.74, 6) is -0.379. The first kappa shape index (κ1) is 37.1. The summed E-state index contributed by atoms with van der Waals surface area (Å²) in [7, 11) is 0. The van der Waals surface area contributed by atoms with Crippen molar-refractivity contribution in [2.24, 2.45) is 5.92 Å². The lowest BCUT2D eigenvalue weighted by Gasteiger charge is -2.27. The van der Waals surface area contributed by atoms with Crippen LogP contribution in [-0.4, -0.2) is 30.6 Å². The second-order valence-electron chi connectivity index (χ2n) is 12.8. The molecule has 0 saturated heterocycles. The maximum atomic E-state index is 12.8. The normalized spacial score (nSPS) is 16.0. The first-order chi connectivity index (χ1) is 22.5. The van der Waals surface area contributed by atoms with Crippen LogP contribution in [0.5, 0.6) is 5.75 Å². The van der Waals surface area contributed by atoms with Crippen molar-refractivity contribution < 1.29 is 28.6 Å². The van der Waals surface area contributed by atoms with Gasteiger partial charge in [-0.15, -0.1) is 0 Å². The van der Waals surface area contributed by atoms with Gasteiger partial charge < -0.3 is 14.2 Å². The molecule has 0 heterocycles. The molecule has 1 aliphatic rings. The quantitative estimate of drug-likeness (QED) is 0.0556. The number of aryl methyl sites for hydroxylation is 2. The molecule has 252 valence electrons. The van der Waals surface area contributed by atoms with Crippen LogP contribution in [0.25, 0.3) is 0 Å². The fraction of sp³-hybridized carbons (Fsp3) is 0.575. The fourth-order valence-corrected chi connectivity index (χ4v) is 6.02. The Balaban J connectivity index is 1.23. The molecular formula is C40H56O6. The molecule has 0 aliphatic heterocycles. The molecule has 1 aliphatic carbocycles. The van der Waals surface area contributed by atoms with Crippen LogP contribution in [0, 0.1) is 5.92 Å². The minimum absolute atomic E-state index is 0.156. The van der Waals surface area contributed by atoms with E-state index in [9.17, 15) is 14.4 Å². The van der Waals surface area contributed by atoms with Crippen molar-refractivity contribution in [1.29, 1.82) is 0 Å². The molecule has 0 bridgehead atoms. The van der Waals surface area contributed by atoms with Crippen molar-refractivity contribution in [1.82, 2.24) is 0 Å². The van der Waals surface area contributed by atoms with Gasteiger partial charge in [-0.3, -0.25) is 4.79 Å². The molecule has 2 aromatic rings. The van der Waals surface area contributed by atoms with Crippen LogP contribution < -0.4 is 4.74 Å². The minimum atomic E-state index is -0.337. The predicted molar refractivity (Wildman–Crippen MR) is 184 cm³/mol. The third-order valence-electron chi connectivity index (χ3n) is 8.95. The Kier molecular flexibility index (Phi) is 17.9. The molecule has 46 heavy (non-hydrogen) atoms. The number of rotatable bonds is 22. The molecule has 0 N–H and O–H groups in total. The van der Waals surface area contributed by atoms with E-state index in [0.29, 0.717) is 43.6 Å². The van der Waals surface area contributed by atoms with Crippen LogP contribution in [0.3, 0.4) is 0 Å². The Bertz CT molecular complexity index is 1160. The third-order valence-corrected chi connectivity index (χ3v) is 8.95. The highest BCUT2D eigenvalue weighted by molar-refractivity contribution is 5.89. The van der Waals surface area contributed by atoms with Gasteiger partial charge in [0, 0.05) is 6.08 Å². The summed E-state index contributed by atoms with van der Waals surface area (Å²) in [5.41, 5.74) is 3.11. The molecule has 0 spiro atoms. The number of hydrogen-bond acceptors (Lipinski definition) is 6. The van der Waals surface area contributed by atoms with Gasteiger partial charge in [-0.05, 0) is 93.2 Å². The number of hydrogen-bond donors (Lipinski definition) is 0. The zero-order chi connectivity index (χ0) is 32.8. The molecule has 0 aromatic heterocycles. The molecule has 0 unspecified atom stereocenters. The Morgan fingerprint density at radius 3 is 1.78 bits per heavy atom. The van der Waals surface area contributed by atoms with E-state index in [2.05, 4.69) is 25.6 Å². The lowest BCUT2D eigenvalue weighted by molar-refractivity contribution is -0.140. The SMILES string of the molecule is C=CC(=O)OCCCCCCCCCCCc1ccc(OC(=O)C2CCC(OC(=O)c3ccc(CCCCCC)cc3)CC2)cc1. The van der Waals surface area contributed by atoms with E-state index in [1.165, 1.54) is 81.4 Å². The zero-order valence-electron chi connectivity index (χ0n) is 28.1. The Labute approximate surface area is 277 Å². The van der Waals surface area contributed by atoms with E-state index < -0.39 is 0 Å². The number of carbonyl (C=O) groups excluding carboxylic acids is 3. The Morgan fingerprint density at radius 1 is 0.696 bits per heavy atom. The van der Waals surface area contributed by atoms with Crippen LogP contribution in [-0.2, 0) is 31.9 Å². The van der Waals surface area contributed by atoms with E-state index in [0.717, 1.165) is 32.1 Å². The van der Waals surface area contributed by atoms with Crippen molar-refractivity contribution in [2.75, 3.05) is 6.61 Å². The van der Waals surface area contributed by atoms with Gasteiger partial charge in [0.05, 0.1) is 18.1 Å². The van der Waals surface area contributed by atoms with Gasteiger partial charge in [0.25, 0.3) is 0 Å². The number of unbranched alkanes of at least 4 members (excludes halogenated alkanes) is 11. The van der Waals surface area contributed by atoms with E-state index in [1.807, 2.05) is 36.4 Å². The van der Waals surface area contributed by atoms with Crippen molar-refractivity contribution >= 4 is 17.9 Å². The summed E-state index contributed by atoms with van der Waals surface area (Å²) >= 11 is 0. The monoisotopic (exact) mass is 632 g/mol. The van der Waals surface area contributed by atoms with Crippen LogP contribution in [0.4, 0.5) is 0 Å². The maximum absolute atomic E-state index is 12.8. The van der Waals surface area contributed by atoms with Crippen molar-refractivity contribution in [3.05, 3.63) is 77.9 Å². The largest absolute Gasteiger partial charge is 0.463 e. The molecule has 1 fully saturated rings. The maximum Gasteiger partial charge on any atom is 0.338 e. The van der Waals surface area contributed by atoms with Gasteiger partial charge >= 0.3 is 17.9 Å². The molecule has 0 radical (unpaired) electrons. The van der Waals surface area contributed by atoms with Gasteiger partial charge in [-0.25, -0.2) is 9.59 Å². The first-order valence-electron chi connectivity index (χ1n) is 17.9. The highest BCUT2D eigenvalue weighted by Gasteiger charge is 2.30. The minimum Gasteiger partial charge on any atom is -0.463 e. The van der Waals surface area contributed by atoms with Crippen molar-refractivity contribution in [2.45, 2.75) is 135 Å². The lowest BCUT2D eigenvalue weighted by Crippen LogP contribution is -2.30. The van der Waals surface area contributed by atoms with Crippen LogP contribution in [0.2, 0.25) is 0 Å². The molecule has 6 nitrogen and oxygen atoms in total. The first-order valence-corrected chi connectivity index (χ1v) is 17.9. The van der Waals surface area contributed by atoms with Crippen LogP contribution in [0.1, 0.15) is 138 Å². The smallest absolute Gasteiger partial charge is 0.338 e. The zero-order valence-corrected chi connectivity index (χ0v) is 28.1. The number of ether oxygens (including phenoxy) is 3. The third kappa shape index (κ3) is 14.8. The Morgan fingerprint density at radius 2 is 1.22 bits per heavy atom. The summed E-state index contributed by atoms with van der Waals surface area (Å²) in [6, 6.07) is 15.7. The summed E-state index contributed by atoms with van der Waals surface area (Å²) < 4.78 is 16.5. The van der Waals surface area contributed by atoms with E-state index in [-0.39, 0.29) is 29.9 Å². The van der Waals surface area contributed by atoms with E-state index in [4.69, 9.17) is 14.2 Å². The summed E-state index contributed by atoms with van der Waals surface area (Å²) in [6.07, 6.45) is 21.3. The second-order valence-corrected chi connectivity index (χ2v) is 12.8. The van der Waals surface area contributed by atoms with Crippen LogP contribution >= 0.6 is 0 Å². The lowest BCUT2D eigenvalue weighted by atomic mass is 9.87. The summed E-state index contributed by atoms with van der Waals surface area (Å²) in [5, 5.41) is 0. The predicted octanol–water partition coefficient (Wildman–Crippen LogP) is 9.91. The highest BCUT2D eigenvalue weighted by atomic mass is 16.5. The highest BCUT2D eigenvalue weighted by Crippen LogP contribution is 2.29. The molecule has 0 atom stereocenters. The Hall–Kier alpha value is -3.41. The summed E-state index contributed by atoms with van der Waals surface area (Å²) in [4.78, 5) is 36.5. The number of carbonyl (C=O) groups is 3. The molecule has 6 heteroatoms. The standard InChI is InChI=1S/C40H56O6/c1-3-5-6-14-17-32-19-23-34(24-20-32)39(42)46-37-29-25-35(26-30-37)40(43)45-36-27-21-33(22-28-36)18-15-12-10-8-7-9-11-13-16-31-44-38(41)4-2/h4,19-24,27-28,35,37H,2-3,5-18,25-26,29-31H2,1H3. The molecular weight excluding hydrogens is 576 g/mol. The fourth-order valence-electron chi connectivity index (χ4n) is 6.02. The van der Waals surface area contributed by atoms with E-state index in [1.54, 1.807) is 0 Å². The topological polar surface area (TPSA) is 78.9 Å². The van der Waals surface area contributed by atoms with Crippen molar-refractivity contribution in [3.8, 4) is 5.75 Å². The molecule has 0 amide bonds. The molecule has 1 saturated carbocycles. The molecule has 3 rings (SSSR count). The van der Waals surface area contributed by atoms with Gasteiger partial charge in [-0.2, -0.15) is 0 Å². The second kappa shape index (κ2) is 22.2. The number of benzene rings is 2. The number of esters is 3. The average molecular weight is 633 g/mol. The van der Waals surface area contributed by atoms with Crippen LogP contribution in [0.15, 0.2) is 61.2 Å². The van der Waals surface area contributed by atoms with Gasteiger partial charge in [0.15, 0.2) is 0 Å². The van der Waals surface area contributed by atoms with Gasteiger partial charge in [0.1, 0.15) is 11.9 Å². The average Bonchev–Trinajstić information content (AvgIpc) is 3.08. The summed E-state index contributed by atoms with van der Waals surface area (Å²) in [6.45, 7) is 6.10. The van der Waals surface area contributed by atoms with Gasteiger partial charge in [0.2, 0.25) is 0 Å². The van der Waals surface area contributed by atoms with E-state index >= 15 is 0 Å². The molecule has 2 aromatic carbocycles. The van der Waals surface area contributed by atoms with Crippen molar-refractivity contribution in [3.63, 3.8) is 0 Å². The van der Waals surface area contributed by atoms with Gasteiger partial charge in [-0.1, -0.05) is 102 Å².